The molecule has 0 N–H and O–H groups in total. The van der Waals surface area contributed by atoms with Crippen molar-refractivity contribution in [2.45, 2.75) is 0 Å². The van der Waals surface area contributed by atoms with Gasteiger partial charge in [-0.3, -0.25) is 0 Å². The molecule has 10 rings (SSSR count). The third kappa shape index (κ3) is 6.36. The Morgan fingerprint density at radius 2 is 0.667 bits per heavy atom. The molecule has 0 atom stereocenters. The molecular formula is C56H39N. The van der Waals surface area contributed by atoms with Gasteiger partial charge in [0.25, 0.3) is 0 Å². The van der Waals surface area contributed by atoms with Crippen molar-refractivity contribution in [3.05, 3.63) is 237 Å². The van der Waals surface area contributed by atoms with Crippen LogP contribution in [0.25, 0.3) is 77.2 Å². The molecule has 0 saturated carbocycles. The van der Waals surface area contributed by atoms with Crippen molar-refractivity contribution in [1.82, 2.24) is 0 Å². The zero-order valence-electron chi connectivity index (χ0n) is 31.5. The third-order valence-electron chi connectivity index (χ3n) is 11.1. The van der Waals surface area contributed by atoms with Gasteiger partial charge in [-0.15, -0.1) is 0 Å². The van der Waals surface area contributed by atoms with E-state index in [1.54, 1.807) is 0 Å². The zero-order valence-corrected chi connectivity index (χ0v) is 31.5. The van der Waals surface area contributed by atoms with Crippen LogP contribution in [-0.4, -0.2) is 0 Å². The summed E-state index contributed by atoms with van der Waals surface area (Å²) in [5.41, 5.74) is 15.2. The van der Waals surface area contributed by atoms with Crippen molar-refractivity contribution in [3.8, 4) is 55.6 Å². The summed E-state index contributed by atoms with van der Waals surface area (Å²) in [5, 5.41) is 4.87. The summed E-state index contributed by atoms with van der Waals surface area (Å²) < 4.78 is 0. The third-order valence-corrected chi connectivity index (χ3v) is 11.1. The second kappa shape index (κ2) is 15.0. The van der Waals surface area contributed by atoms with Crippen LogP contribution >= 0.6 is 0 Å². The lowest BCUT2D eigenvalue weighted by Crippen LogP contribution is -2.13. The molecule has 1 nitrogen and oxygen atoms in total. The number of hydrogen-bond acceptors (Lipinski definition) is 1. The molecule has 10 aromatic carbocycles. The Morgan fingerprint density at radius 1 is 0.246 bits per heavy atom. The van der Waals surface area contributed by atoms with E-state index in [0.717, 1.165) is 22.6 Å². The second-order valence-electron chi connectivity index (χ2n) is 14.4. The molecule has 0 aliphatic carbocycles. The van der Waals surface area contributed by atoms with Gasteiger partial charge in [0.15, 0.2) is 0 Å². The summed E-state index contributed by atoms with van der Waals surface area (Å²) in [4.78, 5) is 2.51. The first-order valence-electron chi connectivity index (χ1n) is 19.6. The van der Waals surface area contributed by atoms with Gasteiger partial charge >= 0.3 is 0 Å². The maximum atomic E-state index is 2.51. The number of hydrogen-bond donors (Lipinski definition) is 0. The number of benzene rings is 10. The molecule has 0 radical (unpaired) electrons. The van der Waals surface area contributed by atoms with Gasteiger partial charge < -0.3 is 4.90 Å². The highest BCUT2D eigenvalue weighted by atomic mass is 15.1. The molecule has 0 fully saturated rings. The molecule has 268 valence electrons. The van der Waals surface area contributed by atoms with Gasteiger partial charge in [0.05, 0.1) is 11.4 Å². The lowest BCUT2D eigenvalue weighted by atomic mass is 9.88. The predicted octanol–water partition coefficient (Wildman–Crippen LogP) is 15.8. The van der Waals surface area contributed by atoms with Gasteiger partial charge in [-0.05, 0) is 84.9 Å². The molecule has 0 amide bonds. The molecule has 0 aliphatic rings. The molecule has 0 bridgehead atoms. The Bertz CT molecular complexity index is 2990. The van der Waals surface area contributed by atoms with E-state index in [0.29, 0.717) is 0 Å². The van der Waals surface area contributed by atoms with Crippen LogP contribution in [0, 0.1) is 0 Å². The largest absolute Gasteiger partial charge is 0.309 e. The Balaban J connectivity index is 1.27. The SMILES string of the molecule is c1ccc(-c2cccc(-c3c(N(c4ccc(-c5ccccc5-c5ccccc5)cc4)c4ccccc4-c4ccccc4)c4ccccc4c4ccccc34)c2)cc1. The summed E-state index contributed by atoms with van der Waals surface area (Å²) in [5.74, 6) is 0. The van der Waals surface area contributed by atoms with Gasteiger partial charge in [0.2, 0.25) is 0 Å². The minimum Gasteiger partial charge on any atom is -0.309 e. The van der Waals surface area contributed by atoms with Gasteiger partial charge in [-0.1, -0.05) is 212 Å². The minimum atomic E-state index is 1.08. The molecule has 10 aromatic rings. The quantitative estimate of drug-likeness (QED) is 0.141. The fourth-order valence-electron chi connectivity index (χ4n) is 8.45. The van der Waals surface area contributed by atoms with Gasteiger partial charge in [-0.25, -0.2) is 0 Å². The van der Waals surface area contributed by atoms with Crippen molar-refractivity contribution in [2.24, 2.45) is 0 Å². The van der Waals surface area contributed by atoms with Gasteiger partial charge in [-0.2, -0.15) is 0 Å². The fourth-order valence-corrected chi connectivity index (χ4v) is 8.45. The molecule has 0 saturated heterocycles. The van der Waals surface area contributed by atoms with Gasteiger partial charge in [0, 0.05) is 22.2 Å². The molecule has 1 heteroatoms. The van der Waals surface area contributed by atoms with Crippen LogP contribution in [0.1, 0.15) is 0 Å². The summed E-state index contributed by atoms with van der Waals surface area (Å²) in [6, 6.07) is 85.7. The van der Waals surface area contributed by atoms with Crippen LogP contribution < -0.4 is 4.90 Å². The molecule has 0 heterocycles. The highest BCUT2D eigenvalue weighted by Crippen LogP contribution is 2.51. The average molecular weight is 726 g/mol. The maximum Gasteiger partial charge on any atom is 0.0625 e. The number of nitrogens with zero attached hydrogens (tertiary/aromatic N) is 1. The van der Waals surface area contributed by atoms with Crippen LogP contribution in [0.4, 0.5) is 17.1 Å². The van der Waals surface area contributed by atoms with E-state index < -0.39 is 0 Å². The Kier molecular flexibility index (Phi) is 8.95. The lowest BCUT2D eigenvalue weighted by molar-refractivity contribution is 1.30. The highest BCUT2D eigenvalue weighted by Gasteiger charge is 2.25. The normalized spacial score (nSPS) is 11.2. The lowest BCUT2D eigenvalue weighted by Gasteiger charge is -2.32. The van der Waals surface area contributed by atoms with Crippen LogP contribution in [0.2, 0.25) is 0 Å². The Morgan fingerprint density at radius 3 is 1.30 bits per heavy atom. The van der Waals surface area contributed by atoms with Crippen molar-refractivity contribution >= 4 is 38.6 Å². The summed E-state index contributed by atoms with van der Waals surface area (Å²) in [6.07, 6.45) is 0. The van der Waals surface area contributed by atoms with Crippen LogP contribution in [0.3, 0.4) is 0 Å². The zero-order chi connectivity index (χ0) is 38.0. The van der Waals surface area contributed by atoms with E-state index in [9.17, 15) is 0 Å². The average Bonchev–Trinajstić information content (AvgIpc) is 3.30. The van der Waals surface area contributed by atoms with Crippen molar-refractivity contribution < 1.29 is 0 Å². The molecule has 57 heavy (non-hydrogen) atoms. The summed E-state index contributed by atoms with van der Waals surface area (Å²) >= 11 is 0. The summed E-state index contributed by atoms with van der Waals surface area (Å²) in [7, 11) is 0. The first-order chi connectivity index (χ1) is 28.3. The molecule has 0 unspecified atom stereocenters. The number of rotatable bonds is 8. The molecule has 0 spiro atoms. The van der Waals surface area contributed by atoms with E-state index >= 15 is 0 Å². The van der Waals surface area contributed by atoms with Gasteiger partial charge in [0.1, 0.15) is 0 Å². The second-order valence-corrected chi connectivity index (χ2v) is 14.4. The summed E-state index contributed by atoms with van der Waals surface area (Å²) in [6.45, 7) is 0. The smallest absolute Gasteiger partial charge is 0.0625 e. The van der Waals surface area contributed by atoms with Crippen molar-refractivity contribution in [1.29, 1.82) is 0 Å². The molecular weight excluding hydrogens is 687 g/mol. The minimum absolute atomic E-state index is 1.08. The van der Waals surface area contributed by atoms with Crippen molar-refractivity contribution in [3.63, 3.8) is 0 Å². The van der Waals surface area contributed by atoms with E-state index in [1.807, 2.05) is 0 Å². The van der Waals surface area contributed by atoms with Crippen LogP contribution in [0.5, 0.6) is 0 Å². The topological polar surface area (TPSA) is 3.24 Å². The fraction of sp³-hybridized carbons (Fsp3) is 0. The van der Waals surface area contributed by atoms with Crippen LogP contribution in [0.15, 0.2) is 237 Å². The monoisotopic (exact) mass is 725 g/mol. The Hall–Kier alpha value is -7.48. The molecule has 0 aliphatic heterocycles. The predicted molar refractivity (Wildman–Crippen MR) is 243 cm³/mol. The van der Waals surface area contributed by atoms with E-state index in [4.69, 9.17) is 0 Å². The highest BCUT2D eigenvalue weighted by molar-refractivity contribution is 6.23. The molecule has 0 aromatic heterocycles. The number of anilines is 3. The van der Waals surface area contributed by atoms with E-state index in [2.05, 4.69) is 241 Å². The van der Waals surface area contributed by atoms with Crippen molar-refractivity contribution in [2.75, 3.05) is 4.90 Å². The first kappa shape index (κ1) is 34.0. The number of para-hydroxylation sites is 1. The maximum absolute atomic E-state index is 2.51. The van der Waals surface area contributed by atoms with Crippen LogP contribution in [-0.2, 0) is 0 Å². The number of fused-ring (bicyclic) bond motifs is 3. The first-order valence-corrected chi connectivity index (χ1v) is 19.6. The van der Waals surface area contributed by atoms with E-state index in [1.165, 1.54) is 71.6 Å². The van der Waals surface area contributed by atoms with E-state index in [-0.39, 0.29) is 0 Å². The Labute approximate surface area is 334 Å². The standard InChI is InChI=1S/C56H39N/c1-4-19-40(20-5-1)44-25-18-26-45(39-44)55-52-32-14-12-30-50(52)51-31-13-15-33-53(51)56(55)57(54-34-17-16-29-49(54)42-23-8-3-9-24-42)46-37-35-43(36-38-46)48-28-11-10-27-47(48)41-21-6-2-7-22-41/h1-39H.